The van der Waals surface area contributed by atoms with Crippen molar-refractivity contribution < 1.29 is 14.4 Å². The molecule has 4 amide bonds. The van der Waals surface area contributed by atoms with Crippen LogP contribution in [0.2, 0.25) is 0 Å². The van der Waals surface area contributed by atoms with E-state index in [1.807, 2.05) is 59.2 Å². The number of imidazole rings is 1. The summed E-state index contributed by atoms with van der Waals surface area (Å²) in [5.41, 5.74) is 2.95. The highest BCUT2D eigenvalue weighted by molar-refractivity contribution is 6.05. The van der Waals surface area contributed by atoms with E-state index >= 15 is 0 Å². The van der Waals surface area contributed by atoms with Gasteiger partial charge in [0, 0.05) is 19.6 Å². The Balaban J connectivity index is 1.25. The molecular weight excluding hydrogens is 382 g/mol. The maximum Gasteiger partial charge on any atom is 0.324 e. The van der Waals surface area contributed by atoms with Crippen molar-refractivity contribution in [2.24, 2.45) is 0 Å². The molecule has 154 valence electrons. The summed E-state index contributed by atoms with van der Waals surface area (Å²) in [7, 11) is 0. The third-order valence-electron chi connectivity index (χ3n) is 5.17. The lowest BCUT2D eigenvalue weighted by Gasteiger charge is -2.13. The van der Waals surface area contributed by atoms with Crippen LogP contribution in [0.1, 0.15) is 12.0 Å². The van der Waals surface area contributed by atoms with E-state index in [-0.39, 0.29) is 18.2 Å². The van der Waals surface area contributed by atoms with Crippen molar-refractivity contribution in [3.63, 3.8) is 0 Å². The monoisotopic (exact) mass is 405 g/mol. The summed E-state index contributed by atoms with van der Waals surface area (Å²) in [6.45, 7) is 1.27. The van der Waals surface area contributed by atoms with Gasteiger partial charge in [-0.2, -0.15) is 0 Å². The second kappa shape index (κ2) is 8.77. The summed E-state index contributed by atoms with van der Waals surface area (Å²) in [6, 6.07) is 16.2. The van der Waals surface area contributed by atoms with E-state index in [2.05, 4.69) is 15.6 Å². The Morgan fingerprint density at radius 1 is 1.03 bits per heavy atom. The van der Waals surface area contributed by atoms with E-state index in [1.165, 1.54) is 4.90 Å². The van der Waals surface area contributed by atoms with Gasteiger partial charge >= 0.3 is 6.03 Å². The maximum atomic E-state index is 12.5. The summed E-state index contributed by atoms with van der Waals surface area (Å²) < 4.78 is 1.96. The fourth-order valence-electron chi connectivity index (χ4n) is 3.57. The lowest BCUT2D eigenvalue weighted by molar-refractivity contribution is -0.130. The molecule has 0 bridgehead atoms. The molecule has 1 fully saturated rings. The van der Waals surface area contributed by atoms with Gasteiger partial charge in [-0.15, -0.1) is 0 Å². The molecule has 8 nitrogen and oxygen atoms in total. The third kappa shape index (κ3) is 4.32. The van der Waals surface area contributed by atoms with Crippen LogP contribution in [-0.4, -0.2) is 51.4 Å². The highest BCUT2D eigenvalue weighted by Gasteiger charge is 2.38. The molecule has 2 aromatic carbocycles. The van der Waals surface area contributed by atoms with Crippen LogP contribution in [0.5, 0.6) is 0 Å². The number of imide groups is 1. The van der Waals surface area contributed by atoms with E-state index < -0.39 is 12.1 Å². The molecule has 2 N–H and O–H groups in total. The number of amides is 4. The molecule has 3 aromatic rings. The Hall–Kier alpha value is -3.68. The Bertz CT molecular complexity index is 1060. The topological polar surface area (TPSA) is 96.3 Å². The van der Waals surface area contributed by atoms with Gasteiger partial charge in [0.15, 0.2) is 0 Å². The van der Waals surface area contributed by atoms with Gasteiger partial charge in [-0.25, -0.2) is 9.78 Å². The molecule has 1 aliphatic heterocycles. The van der Waals surface area contributed by atoms with Gasteiger partial charge in [-0.3, -0.25) is 14.5 Å². The highest BCUT2D eigenvalue weighted by Crippen LogP contribution is 2.12. The summed E-state index contributed by atoms with van der Waals surface area (Å²) >= 11 is 0. The van der Waals surface area contributed by atoms with Crippen molar-refractivity contribution in [1.82, 2.24) is 25.1 Å². The van der Waals surface area contributed by atoms with Crippen LogP contribution in [0.25, 0.3) is 11.0 Å². The molecule has 1 atom stereocenters. The zero-order valence-electron chi connectivity index (χ0n) is 16.5. The molecule has 1 aliphatic rings. The van der Waals surface area contributed by atoms with Crippen molar-refractivity contribution in [2.75, 3.05) is 13.1 Å². The summed E-state index contributed by atoms with van der Waals surface area (Å²) in [4.78, 5) is 42.4. The number of urea groups is 1. The number of carbonyl (C=O) groups is 3. The van der Waals surface area contributed by atoms with Crippen LogP contribution in [0, 0.1) is 0 Å². The first-order valence-corrected chi connectivity index (χ1v) is 9.94. The van der Waals surface area contributed by atoms with Gasteiger partial charge in [0.2, 0.25) is 5.91 Å². The molecule has 2 heterocycles. The number of benzene rings is 2. The fraction of sp³-hybridized carbons (Fsp3) is 0.273. The van der Waals surface area contributed by atoms with Crippen LogP contribution < -0.4 is 10.6 Å². The first kappa shape index (κ1) is 19.6. The van der Waals surface area contributed by atoms with Gasteiger partial charge in [0.05, 0.1) is 23.8 Å². The molecule has 4 rings (SSSR count). The zero-order valence-corrected chi connectivity index (χ0v) is 16.5. The number of aromatic nitrogens is 2. The summed E-state index contributed by atoms with van der Waals surface area (Å²) in [5.74, 6) is -0.630. The van der Waals surface area contributed by atoms with Crippen LogP contribution in [-0.2, 0) is 22.6 Å². The molecule has 8 heteroatoms. The summed E-state index contributed by atoms with van der Waals surface area (Å²) in [6.07, 6.45) is 2.25. The largest absolute Gasteiger partial charge is 0.354 e. The van der Waals surface area contributed by atoms with Gasteiger partial charge in [-0.05, 0) is 24.1 Å². The first-order valence-electron chi connectivity index (χ1n) is 9.94. The number of nitrogens with zero attached hydrogens (tertiary/aromatic N) is 3. The van der Waals surface area contributed by atoms with E-state index in [0.29, 0.717) is 26.1 Å². The molecule has 1 unspecified atom stereocenters. The molecule has 30 heavy (non-hydrogen) atoms. The molecule has 0 spiro atoms. The van der Waals surface area contributed by atoms with E-state index in [1.54, 1.807) is 6.33 Å². The van der Waals surface area contributed by atoms with Crippen molar-refractivity contribution in [3.05, 3.63) is 66.5 Å². The van der Waals surface area contributed by atoms with Crippen LogP contribution >= 0.6 is 0 Å². The number of hydrogen-bond donors (Lipinski definition) is 2. The van der Waals surface area contributed by atoms with E-state index in [4.69, 9.17) is 0 Å². The maximum absolute atomic E-state index is 12.5. The zero-order chi connectivity index (χ0) is 20.9. The smallest absolute Gasteiger partial charge is 0.324 e. The van der Waals surface area contributed by atoms with Crippen molar-refractivity contribution >= 4 is 28.9 Å². The fourth-order valence-corrected chi connectivity index (χ4v) is 3.57. The predicted molar refractivity (Wildman–Crippen MR) is 112 cm³/mol. The quantitative estimate of drug-likeness (QED) is 0.558. The Morgan fingerprint density at radius 2 is 1.80 bits per heavy atom. The second-order valence-electron chi connectivity index (χ2n) is 7.21. The van der Waals surface area contributed by atoms with Crippen LogP contribution in [0.3, 0.4) is 0 Å². The minimum absolute atomic E-state index is 0.0723. The molecule has 0 aliphatic carbocycles. The summed E-state index contributed by atoms with van der Waals surface area (Å²) in [5, 5.41) is 5.42. The molecular formula is C22H23N5O3. The second-order valence-corrected chi connectivity index (χ2v) is 7.21. The van der Waals surface area contributed by atoms with Crippen molar-refractivity contribution in [1.29, 1.82) is 0 Å². The molecule has 1 aromatic heterocycles. The minimum Gasteiger partial charge on any atom is -0.354 e. The predicted octanol–water partition coefficient (Wildman–Crippen LogP) is 1.71. The van der Waals surface area contributed by atoms with Crippen LogP contribution in [0.4, 0.5) is 4.79 Å². The standard InChI is InChI=1S/C22H23N5O3/c28-20(23-11-13-26-15-24-17-8-4-5-9-19(17)26)14-18-21(29)27(22(30)25-18)12-10-16-6-2-1-3-7-16/h1-9,15,18H,10-14H2,(H,23,28)(H,25,30). The number of nitrogens with one attached hydrogen (secondary N) is 2. The number of fused-ring (bicyclic) bond motifs is 1. The van der Waals surface area contributed by atoms with Gasteiger partial charge in [0.25, 0.3) is 5.91 Å². The number of rotatable bonds is 8. The Morgan fingerprint density at radius 3 is 2.63 bits per heavy atom. The number of carbonyl (C=O) groups excluding carboxylic acids is 3. The lowest BCUT2D eigenvalue weighted by atomic mass is 10.1. The van der Waals surface area contributed by atoms with Gasteiger partial charge in [-0.1, -0.05) is 42.5 Å². The normalized spacial score (nSPS) is 16.1. The minimum atomic E-state index is -0.817. The molecule has 0 saturated carbocycles. The average Bonchev–Trinajstić information content (AvgIpc) is 3.28. The molecule has 1 saturated heterocycles. The highest BCUT2D eigenvalue weighted by atomic mass is 16.2. The Labute approximate surface area is 173 Å². The Kier molecular flexibility index (Phi) is 5.74. The van der Waals surface area contributed by atoms with Crippen molar-refractivity contribution in [2.45, 2.75) is 25.4 Å². The molecule has 0 radical (unpaired) electrons. The van der Waals surface area contributed by atoms with Gasteiger partial charge in [0.1, 0.15) is 6.04 Å². The van der Waals surface area contributed by atoms with Crippen molar-refractivity contribution in [3.8, 4) is 0 Å². The number of hydrogen-bond acceptors (Lipinski definition) is 4. The van der Waals surface area contributed by atoms with E-state index in [0.717, 1.165) is 16.6 Å². The SMILES string of the molecule is O=C(CC1NC(=O)N(CCc2ccccc2)C1=O)NCCn1cnc2ccccc21. The average molecular weight is 405 g/mol. The number of para-hydroxylation sites is 2. The van der Waals surface area contributed by atoms with E-state index in [9.17, 15) is 14.4 Å². The first-order chi connectivity index (χ1) is 14.6. The third-order valence-corrected chi connectivity index (χ3v) is 5.17. The van der Waals surface area contributed by atoms with Gasteiger partial charge < -0.3 is 15.2 Å². The lowest BCUT2D eigenvalue weighted by Crippen LogP contribution is -2.37. The van der Waals surface area contributed by atoms with Crippen LogP contribution in [0.15, 0.2) is 60.9 Å².